The molecule has 28 heavy (non-hydrogen) atoms. The number of pyridine rings is 1. The summed E-state index contributed by atoms with van der Waals surface area (Å²) in [5.41, 5.74) is 0.577. The van der Waals surface area contributed by atoms with Crippen molar-refractivity contribution in [2.75, 3.05) is 10.2 Å². The zero-order chi connectivity index (χ0) is 20.1. The van der Waals surface area contributed by atoms with E-state index in [-0.39, 0.29) is 11.6 Å². The van der Waals surface area contributed by atoms with E-state index in [0.717, 1.165) is 11.3 Å². The molecule has 6 nitrogen and oxygen atoms in total. The first-order valence-electron chi connectivity index (χ1n) is 8.05. The summed E-state index contributed by atoms with van der Waals surface area (Å²) >= 11 is 6.91. The SMILES string of the molecule is CC(=O)N(c1nc(/C=C/C(=O)Nc2ccc(Cl)cn2)cs1)c1ccccc1F. The van der Waals surface area contributed by atoms with E-state index in [1.165, 1.54) is 42.3 Å². The molecule has 2 amide bonds. The molecule has 0 saturated carbocycles. The molecule has 0 radical (unpaired) electrons. The predicted octanol–water partition coefficient (Wildman–Crippen LogP) is 4.67. The van der Waals surface area contributed by atoms with Gasteiger partial charge in [-0.25, -0.2) is 14.4 Å². The lowest BCUT2D eigenvalue weighted by molar-refractivity contribution is -0.116. The first-order valence-corrected chi connectivity index (χ1v) is 9.31. The minimum Gasteiger partial charge on any atom is -0.307 e. The van der Waals surface area contributed by atoms with Crippen LogP contribution in [0, 0.1) is 5.82 Å². The van der Waals surface area contributed by atoms with Gasteiger partial charge in [-0.1, -0.05) is 23.7 Å². The summed E-state index contributed by atoms with van der Waals surface area (Å²) in [7, 11) is 0. The van der Waals surface area contributed by atoms with Gasteiger partial charge in [0.05, 0.1) is 16.4 Å². The van der Waals surface area contributed by atoms with Gasteiger partial charge >= 0.3 is 0 Å². The van der Waals surface area contributed by atoms with Crippen molar-refractivity contribution < 1.29 is 14.0 Å². The maximum absolute atomic E-state index is 14.1. The number of thiazole rings is 1. The number of hydrogen-bond acceptors (Lipinski definition) is 5. The summed E-state index contributed by atoms with van der Waals surface area (Å²) in [6, 6.07) is 9.14. The Labute approximate surface area is 169 Å². The van der Waals surface area contributed by atoms with Crippen LogP contribution in [0.25, 0.3) is 6.08 Å². The zero-order valence-corrected chi connectivity index (χ0v) is 16.2. The van der Waals surface area contributed by atoms with Crippen LogP contribution in [-0.2, 0) is 9.59 Å². The van der Waals surface area contributed by atoms with Crippen LogP contribution in [-0.4, -0.2) is 21.8 Å². The van der Waals surface area contributed by atoms with Crippen molar-refractivity contribution in [3.8, 4) is 0 Å². The minimum atomic E-state index is -0.528. The van der Waals surface area contributed by atoms with Crippen LogP contribution in [0.1, 0.15) is 12.6 Å². The fourth-order valence-electron chi connectivity index (χ4n) is 2.27. The number of hydrogen-bond donors (Lipinski definition) is 1. The van der Waals surface area contributed by atoms with E-state index in [9.17, 15) is 14.0 Å². The highest BCUT2D eigenvalue weighted by atomic mass is 35.5. The molecular formula is C19H14ClFN4O2S. The summed E-state index contributed by atoms with van der Waals surface area (Å²) in [6.07, 6.45) is 4.20. The molecule has 0 unspecified atom stereocenters. The summed E-state index contributed by atoms with van der Waals surface area (Å²) in [4.78, 5) is 33.5. The van der Waals surface area contributed by atoms with Crippen molar-refractivity contribution in [1.82, 2.24) is 9.97 Å². The smallest absolute Gasteiger partial charge is 0.249 e. The molecule has 2 aromatic heterocycles. The number of benzene rings is 1. The molecular weight excluding hydrogens is 403 g/mol. The van der Waals surface area contributed by atoms with Crippen molar-refractivity contribution in [3.63, 3.8) is 0 Å². The highest BCUT2D eigenvalue weighted by Crippen LogP contribution is 2.30. The molecule has 3 aromatic rings. The van der Waals surface area contributed by atoms with E-state index in [0.29, 0.717) is 21.7 Å². The molecule has 142 valence electrons. The van der Waals surface area contributed by atoms with Crippen molar-refractivity contribution in [2.24, 2.45) is 0 Å². The van der Waals surface area contributed by atoms with Gasteiger partial charge in [-0.15, -0.1) is 11.3 Å². The second-order valence-corrected chi connectivity index (χ2v) is 6.82. The van der Waals surface area contributed by atoms with Gasteiger partial charge in [-0.3, -0.25) is 14.5 Å². The lowest BCUT2D eigenvalue weighted by atomic mass is 10.3. The first-order chi connectivity index (χ1) is 13.4. The Bertz CT molecular complexity index is 1040. The number of carbonyl (C=O) groups is 2. The number of halogens is 2. The third-order valence-electron chi connectivity index (χ3n) is 3.49. The average molecular weight is 417 g/mol. The third-order valence-corrected chi connectivity index (χ3v) is 4.56. The molecule has 0 aliphatic carbocycles. The lowest BCUT2D eigenvalue weighted by Gasteiger charge is -2.18. The summed E-state index contributed by atoms with van der Waals surface area (Å²) in [5, 5.41) is 5.02. The number of para-hydroxylation sites is 1. The Morgan fingerprint density at radius 2 is 2.04 bits per heavy atom. The zero-order valence-electron chi connectivity index (χ0n) is 14.6. The van der Waals surface area contributed by atoms with Crippen LogP contribution in [0.4, 0.5) is 21.0 Å². The maximum atomic E-state index is 14.1. The molecule has 0 spiro atoms. The fraction of sp³-hybridized carbons (Fsp3) is 0.0526. The Morgan fingerprint density at radius 1 is 1.25 bits per heavy atom. The lowest BCUT2D eigenvalue weighted by Crippen LogP contribution is -2.23. The van der Waals surface area contributed by atoms with Gasteiger partial charge < -0.3 is 5.32 Å². The average Bonchev–Trinajstić information content (AvgIpc) is 3.12. The topological polar surface area (TPSA) is 75.2 Å². The van der Waals surface area contributed by atoms with Gasteiger partial charge in [0.1, 0.15) is 11.6 Å². The number of carbonyl (C=O) groups excluding carboxylic acids is 2. The van der Waals surface area contributed by atoms with E-state index < -0.39 is 11.7 Å². The van der Waals surface area contributed by atoms with E-state index in [2.05, 4.69) is 15.3 Å². The van der Waals surface area contributed by atoms with Gasteiger partial charge in [-0.2, -0.15) is 0 Å². The van der Waals surface area contributed by atoms with Crippen molar-refractivity contribution >= 4 is 57.5 Å². The number of aromatic nitrogens is 2. The third kappa shape index (κ3) is 4.79. The highest BCUT2D eigenvalue weighted by Gasteiger charge is 2.20. The molecule has 3 rings (SSSR count). The first kappa shape index (κ1) is 19.7. The summed E-state index contributed by atoms with van der Waals surface area (Å²) in [5.74, 6) is -0.941. The van der Waals surface area contributed by atoms with E-state index >= 15 is 0 Å². The van der Waals surface area contributed by atoms with Gasteiger partial charge in [0.25, 0.3) is 0 Å². The van der Waals surface area contributed by atoms with Crippen LogP contribution in [0.5, 0.6) is 0 Å². The van der Waals surface area contributed by atoms with E-state index in [1.54, 1.807) is 29.6 Å². The summed E-state index contributed by atoms with van der Waals surface area (Å²) < 4.78 is 14.1. The second-order valence-electron chi connectivity index (χ2n) is 5.55. The second kappa shape index (κ2) is 8.73. The highest BCUT2D eigenvalue weighted by molar-refractivity contribution is 7.14. The van der Waals surface area contributed by atoms with Gasteiger partial charge in [0.15, 0.2) is 5.13 Å². The molecule has 0 saturated heterocycles. The van der Waals surface area contributed by atoms with Crippen LogP contribution >= 0.6 is 22.9 Å². The molecule has 2 heterocycles. The number of nitrogens with zero attached hydrogens (tertiary/aromatic N) is 3. The van der Waals surface area contributed by atoms with Crippen molar-refractivity contribution in [1.29, 1.82) is 0 Å². The molecule has 9 heteroatoms. The maximum Gasteiger partial charge on any atom is 0.249 e. The van der Waals surface area contributed by atoms with Crippen LogP contribution < -0.4 is 10.2 Å². The van der Waals surface area contributed by atoms with E-state index in [4.69, 9.17) is 11.6 Å². The quantitative estimate of drug-likeness (QED) is 0.613. The van der Waals surface area contributed by atoms with Crippen LogP contribution in [0.2, 0.25) is 5.02 Å². The Hall–Kier alpha value is -3.10. The van der Waals surface area contributed by atoms with Gasteiger partial charge in [-0.05, 0) is 30.3 Å². The molecule has 1 aromatic carbocycles. The van der Waals surface area contributed by atoms with Crippen LogP contribution in [0.3, 0.4) is 0 Å². The van der Waals surface area contributed by atoms with Crippen molar-refractivity contribution in [2.45, 2.75) is 6.92 Å². The number of nitrogens with one attached hydrogen (secondary N) is 1. The minimum absolute atomic E-state index is 0.117. The predicted molar refractivity (Wildman–Crippen MR) is 108 cm³/mol. The Morgan fingerprint density at radius 3 is 2.71 bits per heavy atom. The standard InChI is InChI=1S/C19H14ClFN4O2S/c1-12(26)25(16-5-3-2-4-15(16)21)19-23-14(11-28-19)7-9-18(27)24-17-8-6-13(20)10-22-17/h2-11H,1H3,(H,22,24,27)/b9-7+. The molecule has 1 N–H and O–H groups in total. The Balaban J connectivity index is 1.74. The summed E-state index contributed by atoms with van der Waals surface area (Å²) in [6.45, 7) is 1.33. The van der Waals surface area contributed by atoms with Gasteiger partial charge in [0, 0.05) is 24.6 Å². The fourth-order valence-corrected chi connectivity index (χ4v) is 3.23. The largest absolute Gasteiger partial charge is 0.307 e. The number of amides is 2. The normalized spacial score (nSPS) is 10.8. The molecule has 0 bridgehead atoms. The number of anilines is 3. The van der Waals surface area contributed by atoms with Gasteiger partial charge in [0.2, 0.25) is 11.8 Å². The molecule has 0 atom stereocenters. The molecule has 0 fully saturated rings. The Kier molecular flexibility index (Phi) is 6.13. The van der Waals surface area contributed by atoms with Crippen molar-refractivity contribution in [3.05, 3.63) is 70.6 Å². The van der Waals surface area contributed by atoms with Crippen LogP contribution in [0.15, 0.2) is 54.1 Å². The monoisotopic (exact) mass is 416 g/mol. The number of rotatable bonds is 5. The van der Waals surface area contributed by atoms with E-state index in [1.807, 2.05) is 0 Å². The molecule has 0 aliphatic rings. The molecule has 0 aliphatic heterocycles.